The van der Waals surface area contributed by atoms with Crippen molar-refractivity contribution >= 4 is 17.5 Å². The average molecular weight is 299 g/mol. The maximum atomic E-state index is 9.12. The van der Waals surface area contributed by atoms with Gasteiger partial charge in [-0.05, 0) is 17.7 Å². The Balaban J connectivity index is 2.29. The van der Waals surface area contributed by atoms with Crippen molar-refractivity contribution in [2.45, 2.75) is 0 Å². The molecule has 8 nitrogen and oxygen atoms in total. The monoisotopic (exact) mass is 298 g/mol. The van der Waals surface area contributed by atoms with Crippen LogP contribution in [0.1, 0.15) is 0 Å². The number of ether oxygens (including phenoxy) is 1. The quantitative estimate of drug-likeness (QED) is 0.778. The molecule has 0 aliphatic heterocycles. The van der Waals surface area contributed by atoms with Gasteiger partial charge in [-0.1, -0.05) is 0 Å². The van der Waals surface area contributed by atoms with Gasteiger partial charge in [-0.2, -0.15) is 20.1 Å². The van der Waals surface area contributed by atoms with Crippen LogP contribution in [0.2, 0.25) is 5.28 Å². The highest BCUT2D eigenvalue weighted by atomic mass is 35.5. The summed E-state index contributed by atoms with van der Waals surface area (Å²) < 4.78 is 6.52. The van der Waals surface area contributed by atoms with Gasteiger partial charge in [-0.25, -0.2) is 4.68 Å². The van der Waals surface area contributed by atoms with Crippen molar-refractivity contribution < 1.29 is 9.84 Å². The van der Waals surface area contributed by atoms with Crippen molar-refractivity contribution in [1.29, 1.82) is 0 Å². The lowest BCUT2D eigenvalue weighted by Gasteiger charge is -2.21. The van der Waals surface area contributed by atoms with E-state index in [0.29, 0.717) is 31.6 Å². The van der Waals surface area contributed by atoms with E-state index in [1.54, 1.807) is 30.5 Å². The molecule has 0 amide bonds. The molecule has 0 unspecified atom stereocenters. The lowest BCUT2D eigenvalue weighted by molar-refractivity contribution is 0.202. The lowest BCUT2D eigenvalue weighted by Crippen LogP contribution is -2.32. The molecule has 2 aromatic heterocycles. The third-order valence-electron chi connectivity index (χ3n) is 2.51. The zero-order chi connectivity index (χ0) is 14.4. The second kappa shape index (κ2) is 7.13. The molecule has 0 aromatic carbocycles. The van der Waals surface area contributed by atoms with Crippen LogP contribution in [0.15, 0.2) is 18.5 Å². The Kier molecular flexibility index (Phi) is 5.22. The van der Waals surface area contributed by atoms with Gasteiger partial charge < -0.3 is 14.7 Å². The second-order valence-electron chi connectivity index (χ2n) is 3.86. The molecular formula is C11H15ClN6O2. The predicted octanol–water partition coefficient (Wildman–Crippen LogP) is 0.156. The van der Waals surface area contributed by atoms with Crippen LogP contribution in [0.5, 0.6) is 0 Å². The smallest absolute Gasteiger partial charge is 0.256 e. The van der Waals surface area contributed by atoms with E-state index in [2.05, 4.69) is 20.1 Å². The third kappa shape index (κ3) is 3.62. The molecule has 0 atom stereocenters. The maximum absolute atomic E-state index is 9.12. The van der Waals surface area contributed by atoms with Gasteiger partial charge in [-0.15, -0.1) is 0 Å². The van der Waals surface area contributed by atoms with E-state index < -0.39 is 0 Å². The van der Waals surface area contributed by atoms with E-state index in [9.17, 15) is 0 Å². The van der Waals surface area contributed by atoms with E-state index in [0.717, 1.165) is 0 Å². The Labute approximate surface area is 121 Å². The minimum atomic E-state index is -0.0237. The lowest BCUT2D eigenvalue weighted by atomic mass is 10.5. The molecule has 0 aliphatic carbocycles. The topological polar surface area (TPSA) is 89.2 Å². The summed E-state index contributed by atoms with van der Waals surface area (Å²) in [5.41, 5.74) is 0. The first kappa shape index (κ1) is 14.6. The fraction of sp³-hybridized carbons (Fsp3) is 0.455. The molecule has 0 saturated carbocycles. The standard InChI is InChI=1S/C11H15ClN6O2/c1-20-8-6-17(5-7-19)10-14-9(12)15-11(16-10)18-4-2-3-13-18/h2-4,19H,5-8H2,1H3. The zero-order valence-electron chi connectivity index (χ0n) is 11.0. The molecule has 0 aliphatic rings. The van der Waals surface area contributed by atoms with Gasteiger partial charge in [0, 0.05) is 32.6 Å². The van der Waals surface area contributed by atoms with Crippen molar-refractivity contribution in [3.05, 3.63) is 23.7 Å². The molecule has 0 fully saturated rings. The minimum Gasteiger partial charge on any atom is -0.395 e. The van der Waals surface area contributed by atoms with Crippen molar-refractivity contribution in [3.63, 3.8) is 0 Å². The van der Waals surface area contributed by atoms with Gasteiger partial charge in [0.15, 0.2) is 0 Å². The largest absolute Gasteiger partial charge is 0.395 e. The number of anilines is 1. The van der Waals surface area contributed by atoms with Crippen molar-refractivity contribution in [2.75, 3.05) is 38.3 Å². The van der Waals surface area contributed by atoms with Gasteiger partial charge in [0.1, 0.15) is 0 Å². The van der Waals surface area contributed by atoms with Crippen LogP contribution in [-0.2, 0) is 4.74 Å². The second-order valence-corrected chi connectivity index (χ2v) is 4.20. The number of hydrogen-bond donors (Lipinski definition) is 1. The molecule has 0 spiro atoms. The van der Waals surface area contributed by atoms with Crippen molar-refractivity contribution in [2.24, 2.45) is 0 Å². The van der Waals surface area contributed by atoms with Crippen LogP contribution in [0, 0.1) is 0 Å². The number of hydrogen-bond acceptors (Lipinski definition) is 7. The zero-order valence-corrected chi connectivity index (χ0v) is 11.7. The first-order valence-corrected chi connectivity index (χ1v) is 6.38. The summed E-state index contributed by atoms with van der Waals surface area (Å²) in [7, 11) is 1.60. The van der Waals surface area contributed by atoms with Gasteiger partial charge in [-0.3, -0.25) is 0 Å². The Hall–Kier alpha value is -1.77. The number of methoxy groups -OCH3 is 1. The summed E-state index contributed by atoms with van der Waals surface area (Å²) in [5, 5.41) is 13.2. The molecule has 9 heteroatoms. The molecule has 108 valence electrons. The highest BCUT2D eigenvalue weighted by molar-refractivity contribution is 6.28. The molecule has 0 saturated heterocycles. The molecule has 0 bridgehead atoms. The van der Waals surface area contributed by atoms with Gasteiger partial charge in [0.05, 0.1) is 13.2 Å². The SMILES string of the molecule is COCCN(CCO)c1nc(Cl)nc(-n2cccn2)n1. The highest BCUT2D eigenvalue weighted by Crippen LogP contribution is 2.12. The number of aromatic nitrogens is 5. The number of aliphatic hydroxyl groups excluding tert-OH is 1. The fourth-order valence-corrected chi connectivity index (χ4v) is 1.75. The Morgan fingerprint density at radius 2 is 2.20 bits per heavy atom. The average Bonchev–Trinajstić information content (AvgIpc) is 2.97. The number of nitrogens with zero attached hydrogens (tertiary/aromatic N) is 6. The molecular weight excluding hydrogens is 284 g/mol. The van der Waals surface area contributed by atoms with Crippen molar-refractivity contribution in [1.82, 2.24) is 24.7 Å². The first-order chi connectivity index (χ1) is 9.74. The van der Waals surface area contributed by atoms with Gasteiger partial charge >= 0.3 is 0 Å². The maximum Gasteiger partial charge on any atom is 0.256 e. The Bertz CT molecular complexity index is 536. The third-order valence-corrected chi connectivity index (χ3v) is 2.68. The first-order valence-electron chi connectivity index (χ1n) is 6.01. The minimum absolute atomic E-state index is 0.0237. The summed E-state index contributed by atoms with van der Waals surface area (Å²) in [5.74, 6) is 0.701. The number of rotatable bonds is 7. The van der Waals surface area contributed by atoms with Crippen LogP contribution >= 0.6 is 11.6 Å². The summed E-state index contributed by atoms with van der Waals surface area (Å²) in [4.78, 5) is 14.2. The molecule has 1 N–H and O–H groups in total. The van der Waals surface area contributed by atoms with E-state index in [4.69, 9.17) is 21.4 Å². The van der Waals surface area contributed by atoms with Crippen LogP contribution in [0.25, 0.3) is 5.95 Å². The van der Waals surface area contributed by atoms with E-state index >= 15 is 0 Å². The van der Waals surface area contributed by atoms with E-state index in [1.807, 2.05) is 0 Å². The predicted molar refractivity (Wildman–Crippen MR) is 73.1 cm³/mol. The van der Waals surface area contributed by atoms with Gasteiger partial charge in [0.2, 0.25) is 11.2 Å². The number of halogens is 1. The fourth-order valence-electron chi connectivity index (χ4n) is 1.59. The Morgan fingerprint density at radius 3 is 2.85 bits per heavy atom. The van der Waals surface area contributed by atoms with Crippen LogP contribution in [0.3, 0.4) is 0 Å². The van der Waals surface area contributed by atoms with Crippen molar-refractivity contribution in [3.8, 4) is 5.95 Å². The van der Waals surface area contributed by atoms with Crippen LogP contribution < -0.4 is 4.90 Å². The highest BCUT2D eigenvalue weighted by Gasteiger charge is 2.13. The summed E-state index contributed by atoms with van der Waals surface area (Å²) in [6, 6.07) is 1.76. The molecule has 0 radical (unpaired) electrons. The number of aliphatic hydroxyl groups is 1. The summed E-state index contributed by atoms with van der Waals surface area (Å²) >= 11 is 5.92. The molecule has 20 heavy (non-hydrogen) atoms. The van der Waals surface area contributed by atoms with Crippen LogP contribution in [-0.4, -0.2) is 63.3 Å². The molecule has 2 aromatic rings. The molecule has 2 heterocycles. The van der Waals surface area contributed by atoms with E-state index in [-0.39, 0.29) is 11.9 Å². The van der Waals surface area contributed by atoms with Gasteiger partial charge in [0.25, 0.3) is 5.95 Å². The van der Waals surface area contributed by atoms with E-state index in [1.165, 1.54) is 4.68 Å². The normalized spacial score (nSPS) is 10.8. The molecule has 2 rings (SSSR count). The summed E-state index contributed by atoms with van der Waals surface area (Å²) in [6.07, 6.45) is 3.33. The summed E-state index contributed by atoms with van der Waals surface area (Å²) in [6.45, 7) is 1.38. The Morgan fingerprint density at radius 1 is 1.35 bits per heavy atom. The van der Waals surface area contributed by atoms with Crippen LogP contribution in [0.4, 0.5) is 5.95 Å².